The highest BCUT2D eigenvalue weighted by Crippen LogP contribution is 2.30. The minimum Gasteiger partial charge on any atom is -0.349 e. The number of nitrogens with one attached hydrogen (secondary N) is 2. The van der Waals surface area contributed by atoms with Gasteiger partial charge in [0.25, 0.3) is 0 Å². The number of hydrogen-bond acceptors (Lipinski definition) is 3. The monoisotopic (exact) mass is 312 g/mol. The Morgan fingerprint density at radius 2 is 2.25 bits per heavy atom. The molecule has 1 aromatic carbocycles. The second-order valence-corrected chi connectivity index (χ2v) is 6.44. The molecule has 2 N–H and O–H groups in total. The van der Waals surface area contributed by atoms with Crippen molar-refractivity contribution >= 4 is 30.1 Å². The third-order valence-electron chi connectivity index (χ3n) is 3.90. The zero-order valence-corrected chi connectivity index (χ0v) is 13.1. The van der Waals surface area contributed by atoms with Crippen molar-refractivity contribution in [3.05, 3.63) is 35.4 Å². The molecule has 3 nitrogen and oxygen atoms in total. The van der Waals surface area contributed by atoms with Gasteiger partial charge in [0, 0.05) is 30.5 Å². The Bertz CT molecular complexity index is 463. The first-order chi connectivity index (χ1) is 9.33. The Morgan fingerprint density at radius 3 is 3.05 bits per heavy atom. The third kappa shape index (κ3) is 3.68. The van der Waals surface area contributed by atoms with Gasteiger partial charge in [-0.15, -0.1) is 12.4 Å². The number of benzene rings is 1. The van der Waals surface area contributed by atoms with Gasteiger partial charge in [-0.1, -0.05) is 24.3 Å². The van der Waals surface area contributed by atoms with Gasteiger partial charge in [-0.2, -0.15) is 11.8 Å². The zero-order valence-electron chi connectivity index (χ0n) is 11.4. The molecule has 1 aliphatic carbocycles. The first-order valence-corrected chi connectivity index (χ1v) is 8.16. The van der Waals surface area contributed by atoms with Gasteiger partial charge in [0.05, 0.1) is 6.04 Å². The van der Waals surface area contributed by atoms with E-state index in [9.17, 15) is 4.79 Å². The normalized spacial score (nSPS) is 24.6. The van der Waals surface area contributed by atoms with Crippen LogP contribution in [0.3, 0.4) is 0 Å². The zero-order chi connectivity index (χ0) is 13.1. The number of fused-ring (bicyclic) bond motifs is 1. The van der Waals surface area contributed by atoms with E-state index in [-0.39, 0.29) is 24.4 Å². The van der Waals surface area contributed by atoms with E-state index in [1.54, 1.807) is 0 Å². The second-order valence-electron chi connectivity index (χ2n) is 5.29. The molecule has 1 aromatic rings. The highest BCUT2D eigenvalue weighted by Gasteiger charge is 2.24. The van der Waals surface area contributed by atoms with E-state index < -0.39 is 0 Å². The van der Waals surface area contributed by atoms with Crippen LogP contribution < -0.4 is 10.6 Å². The Kier molecular flexibility index (Phi) is 5.75. The number of halogens is 1. The molecule has 0 bridgehead atoms. The smallest absolute Gasteiger partial charge is 0.222 e. The summed E-state index contributed by atoms with van der Waals surface area (Å²) in [6, 6.07) is 9.01. The van der Waals surface area contributed by atoms with Crippen LogP contribution in [-0.4, -0.2) is 30.0 Å². The molecule has 110 valence electrons. The summed E-state index contributed by atoms with van der Waals surface area (Å²) >= 11 is 1.93. The Balaban J connectivity index is 0.00000147. The molecule has 1 aliphatic heterocycles. The number of rotatable bonds is 3. The van der Waals surface area contributed by atoms with Gasteiger partial charge in [0.1, 0.15) is 0 Å². The molecule has 0 spiro atoms. The summed E-state index contributed by atoms with van der Waals surface area (Å²) in [6.07, 6.45) is 2.72. The third-order valence-corrected chi connectivity index (χ3v) is 5.03. The van der Waals surface area contributed by atoms with Crippen LogP contribution >= 0.6 is 24.2 Å². The maximum absolute atomic E-state index is 12.1. The minimum atomic E-state index is 0. The van der Waals surface area contributed by atoms with Crippen LogP contribution in [0.15, 0.2) is 24.3 Å². The molecule has 1 heterocycles. The predicted octanol–water partition coefficient (Wildman–Crippen LogP) is 2.31. The molecule has 1 amide bonds. The van der Waals surface area contributed by atoms with Crippen LogP contribution in [0.2, 0.25) is 0 Å². The van der Waals surface area contributed by atoms with Crippen LogP contribution in [-0.2, 0) is 11.2 Å². The van der Waals surface area contributed by atoms with Gasteiger partial charge in [0.2, 0.25) is 5.91 Å². The van der Waals surface area contributed by atoms with Crippen molar-refractivity contribution in [2.45, 2.75) is 31.3 Å². The lowest BCUT2D eigenvalue weighted by Gasteiger charge is -2.23. The molecule has 2 aliphatic rings. The Morgan fingerprint density at radius 1 is 1.40 bits per heavy atom. The lowest BCUT2D eigenvalue weighted by molar-refractivity contribution is -0.122. The number of aryl methyl sites for hydroxylation is 1. The lowest BCUT2D eigenvalue weighted by Crippen LogP contribution is -2.41. The average Bonchev–Trinajstić information content (AvgIpc) is 2.83. The highest BCUT2D eigenvalue weighted by molar-refractivity contribution is 7.99. The van der Waals surface area contributed by atoms with E-state index in [1.165, 1.54) is 11.1 Å². The molecule has 2 atom stereocenters. The quantitative estimate of drug-likeness (QED) is 0.900. The summed E-state index contributed by atoms with van der Waals surface area (Å²) in [7, 11) is 0. The molecule has 1 saturated heterocycles. The standard InChI is InChI=1S/C15H20N2OS.ClH/c18-15(9-12-10-19-8-7-16-12)17-14-6-5-11-3-1-2-4-13(11)14;/h1-4,12,14,16H,5-10H2,(H,17,18);1H. The maximum atomic E-state index is 12.1. The molecule has 3 rings (SSSR count). The molecule has 5 heteroatoms. The number of amides is 1. The lowest BCUT2D eigenvalue weighted by atomic mass is 10.1. The van der Waals surface area contributed by atoms with Crippen molar-refractivity contribution in [2.75, 3.05) is 18.1 Å². The van der Waals surface area contributed by atoms with E-state index in [0.717, 1.165) is 30.9 Å². The summed E-state index contributed by atoms with van der Waals surface area (Å²) in [5, 5.41) is 6.61. The first kappa shape index (κ1) is 15.7. The number of thioether (sulfide) groups is 1. The van der Waals surface area contributed by atoms with Gasteiger partial charge in [0.15, 0.2) is 0 Å². The summed E-state index contributed by atoms with van der Waals surface area (Å²) in [6.45, 7) is 1.02. The second kappa shape index (κ2) is 7.34. The first-order valence-electron chi connectivity index (χ1n) is 7.01. The van der Waals surface area contributed by atoms with E-state index in [1.807, 2.05) is 11.8 Å². The topological polar surface area (TPSA) is 41.1 Å². The summed E-state index contributed by atoms with van der Waals surface area (Å²) < 4.78 is 0. The van der Waals surface area contributed by atoms with Crippen molar-refractivity contribution in [1.29, 1.82) is 0 Å². The van der Waals surface area contributed by atoms with Crippen molar-refractivity contribution < 1.29 is 4.79 Å². The SMILES string of the molecule is Cl.O=C(CC1CSCCN1)NC1CCc2ccccc21. The Labute approximate surface area is 130 Å². The average molecular weight is 313 g/mol. The molecule has 0 aromatic heterocycles. The molecule has 1 fully saturated rings. The van der Waals surface area contributed by atoms with Gasteiger partial charge in [-0.05, 0) is 24.0 Å². The van der Waals surface area contributed by atoms with Crippen LogP contribution in [0.25, 0.3) is 0 Å². The van der Waals surface area contributed by atoms with E-state index in [2.05, 4.69) is 34.9 Å². The molecule has 20 heavy (non-hydrogen) atoms. The molecule has 0 saturated carbocycles. The van der Waals surface area contributed by atoms with Crippen molar-refractivity contribution in [3.63, 3.8) is 0 Å². The predicted molar refractivity (Wildman–Crippen MR) is 86.6 cm³/mol. The van der Waals surface area contributed by atoms with Crippen molar-refractivity contribution in [3.8, 4) is 0 Å². The van der Waals surface area contributed by atoms with Crippen molar-refractivity contribution in [1.82, 2.24) is 10.6 Å². The molecule has 0 radical (unpaired) electrons. The molecular weight excluding hydrogens is 292 g/mol. The number of hydrogen-bond donors (Lipinski definition) is 2. The van der Waals surface area contributed by atoms with Crippen LogP contribution in [0.5, 0.6) is 0 Å². The fraction of sp³-hybridized carbons (Fsp3) is 0.533. The Hall–Kier alpha value is -0.710. The van der Waals surface area contributed by atoms with Gasteiger partial charge < -0.3 is 10.6 Å². The van der Waals surface area contributed by atoms with Crippen LogP contribution in [0, 0.1) is 0 Å². The summed E-state index contributed by atoms with van der Waals surface area (Å²) in [5.41, 5.74) is 2.70. The van der Waals surface area contributed by atoms with Gasteiger partial charge in [-0.25, -0.2) is 0 Å². The number of carbonyl (C=O) groups excluding carboxylic acids is 1. The summed E-state index contributed by atoms with van der Waals surface area (Å²) in [5.74, 6) is 2.39. The largest absolute Gasteiger partial charge is 0.349 e. The molecular formula is C15H21ClN2OS. The van der Waals surface area contributed by atoms with E-state index in [0.29, 0.717) is 12.5 Å². The number of carbonyl (C=O) groups is 1. The molecule has 2 unspecified atom stereocenters. The fourth-order valence-corrected chi connectivity index (χ4v) is 3.88. The fourth-order valence-electron chi connectivity index (χ4n) is 2.93. The van der Waals surface area contributed by atoms with Crippen LogP contribution in [0.4, 0.5) is 0 Å². The highest BCUT2D eigenvalue weighted by atomic mass is 35.5. The van der Waals surface area contributed by atoms with Crippen LogP contribution in [0.1, 0.15) is 30.0 Å². The maximum Gasteiger partial charge on any atom is 0.222 e. The van der Waals surface area contributed by atoms with Crippen molar-refractivity contribution in [2.24, 2.45) is 0 Å². The van der Waals surface area contributed by atoms with E-state index in [4.69, 9.17) is 0 Å². The van der Waals surface area contributed by atoms with Gasteiger partial charge in [-0.3, -0.25) is 4.79 Å². The van der Waals surface area contributed by atoms with Gasteiger partial charge >= 0.3 is 0 Å². The van der Waals surface area contributed by atoms with E-state index >= 15 is 0 Å². The summed E-state index contributed by atoms with van der Waals surface area (Å²) in [4.78, 5) is 12.1. The minimum absolute atomic E-state index is 0.